The van der Waals surface area contributed by atoms with E-state index in [4.69, 9.17) is 10.2 Å². The van der Waals surface area contributed by atoms with Crippen LogP contribution >= 0.6 is 22.6 Å². The molecule has 1 heterocycles. The minimum Gasteiger partial charge on any atom is -0.441 e. The van der Waals surface area contributed by atoms with E-state index in [1.54, 1.807) is 0 Å². The third-order valence-corrected chi connectivity index (χ3v) is 2.83. The number of oxazole rings is 1. The molecule has 0 saturated heterocycles. The highest BCUT2D eigenvalue weighted by Gasteiger charge is 2.08. The van der Waals surface area contributed by atoms with Crippen LogP contribution in [-0.2, 0) is 6.42 Å². The van der Waals surface area contributed by atoms with Gasteiger partial charge in [-0.25, -0.2) is 4.98 Å². The largest absolute Gasteiger partial charge is 0.441 e. The highest BCUT2D eigenvalue weighted by atomic mass is 127. The third-order valence-electron chi connectivity index (χ3n) is 1.89. The fraction of sp³-hybridized carbons (Fsp3) is 0.222. The summed E-state index contributed by atoms with van der Waals surface area (Å²) in [5.74, 6) is 0.740. The van der Waals surface area contributed by atoms with Crippen molar-refractivity contribution in [3.8, 4) is 0 Å². The van der Waals surface area contributed by atoms with Crippen molar-refractivity contribution in [1.29, 1.82) is 0 Å². The van der Waals surface area contributed by atoms with Crippen LogP contribution in [0.15, 0.2) is 16.5 Å². The number of rotatable bonds is 1. The van der Waals surface area contributed by atoms with Gasteiger partial charge in [-0.2, -0.15) is 0 Å². The number of anilines is 1. The zero-order valence-electron chi connectivity index (χ0n) is 7.17. The Kier molecular flexibility index (Phi) is 2.15. The number of nitrogens with zero attached hydrogens (tertiary/aromatic N) is 1. The predicted molar refractivity (Wildman–Crippen MR) is 60.5 cm³/mol. The zero-order valence-corrected chi connectivity index (χ0v) is 9.33. The Bertz CT molecular complexity index is 450. The smallest absolute Gasteiger partial charge is 0.195 e. The maximum atomic E-state index is 5.86. The van der Waals surface area contributed by atoms with Gasteiger partial charge in [0.15, 0.2) is 11.5 Å². The second-order valence-corrected chi connectivity index (χ2v) is 3.93. The van der Waals surface area contributed by atoms with E-state index in [1.165, 1.54) is 0 Å². The molecule has 0 aliphatic heterocycles. The molecule has 0 unspecified atom stereocenters. The molecule has 1 aromatic carbocycles. The molecule has 4 heteroatoms. The second kappa shape index (κ2) is 3.17. The lowest BCUT2D eigenvalue weighted by atomic mass is 10.3. The Morgan fingerprint density at radius 2 is 2.31 bits per heavy atom. The molecular formula is C9H9IN2O. The molecule has 2 N–H and O–H groups in total. The Hall–Kier alpha value is -0.780. The van der Waals surface area contributed by atoms with Crippen molar-refractivity contribution in [2.75, 3.05) is 5.73 Å². The number of aromatic nitrogens is 1. The quantitative estimate of drug-likeness (QED) is 0.648. The molecule has 68 valence electrons. The molecule has 0 saturated carbocycles. The molecule has 0 aliphatic carbocycles. The van der Waals surface area contributed by atoms with E-state index < -0.39 is 0 Å². The average Bonchev–Trinajstić information content (AvgIpc) is 2.55. The average molecular weight is 288 g/mol. The van der Waals surface area contributed by atoms with Crippen molar-refractivity contribution < 1.29 is 4.42 Å². The summed E-state index contributed by atoms with van der Waals surface area (Å²) in [6.07, 6.45) is 0.796. The van der Waals surface area contributed by atoms with Crippen LogP contribution in [0.5, 0.6) is 0 Å². The molecule has 0 atom stereocenters. The minimum atomic E-state index is 0.710. The summed E-state index contributed by atoms with van der Waals surface area (Å²) in [5.41, 5.74) is 8.12. The molecule has 2 rings (SSSR count). The number of fused-ring (bicyclic) bond motifs is 1. The topological polar surface area (TPSA) is 52.0 Å². The van der Waals surface area contributed by atoms with E-state index in [0.717, 1.165) is 27.0 Å². The molecule has 2 aromatic rings. The van der Waals surface area contributed by atoms with Crippen LogP contribution in [-0.4, -0.2) is 4.98 Å². The van der Waals surface area contributed by atoms with E-state index in [-0.39, 0.29) is 0 Å². The molecular weight excluding hydrogens is 279 g/mol. The molecule has 0 aliphatic rings. The number of hydrogen-bond acceptors (Lipinski definition) is 3. The van der Waals surface area contributed by atoms with Gasteiger partial charge >= 0.3 is 0 Å². The van der Waals surface area contributed by atoms with E-state index >= 15 is 0 Å². The van der Waals surface area contributed by atoms with Crippen molar-refractivity contribution >= 4 is 39.4 Å². The van der Waals surface area contributed by atoms with Crippen LogP contribution < -0.4 is 5.73 Å². The van der Waals surface area contributed by atoms with E-state index in [1.807, 2.05) is 19.1 Å². The molecule has 0 bridgehead atoms. The Labute approximate surface area is 89.5 Å². The summed E-state index contributed by atoms with van der Waals surface area (Å²) in [6, 6.07) is 3.84. The van der Waals surface area contributed by atoms with Crippen LogP contribution in [0.2, 0.25) is 0 Å². The fourth-order valence-electron chi connectivity index (χ4n) is 1.19. The Morgan fingerprint density at radius 3 is 3.00 bits per heavy atom. The van der Waals surface area contributed by atoms with Gasteiger partial charge in [0.25, 0.3) is 0 Å². The number of halogens is 1. The molecule has 0 amide bonds. The highest BCUT2D eigenvalue weighted by Crippen LogP contribution is 2.26. The first-order chi connectivity index (χ1) is 6.22. The van der Waals surface area contributed by atoms with Crippen LogP contribution in [0, 0.1) is 3.57 Å². The molecule has 1 aromatic heterocycles. The van der Waals surface area contributed by atoms with Crippen molar-refractivity contribution in [3.63, 3.8) is 0 Å². The van der Waals surface area contributed by atoms with Crippen molar-refractivity contribution in [2.24, 2.45) is 0 Å². The van der Waals surface area contributed by atoms with Gasteiger partial charge in [-0.3, -0.25) is 0 Å². The first-order valence-electron chi connectivity index (χ1n) is 4.05. The third kappa shape index (κ3) is 1.39. The van der Waals surface area contributed by atoms with E-state index in [9.17, 15) is 0 Å². The summed E-state index contributed by atoms with van der Waals surface area (Å²) < 4.78 is 6.47. The van der Waals surface area contributed by atoms with Gasteiger partial charge in [-0.1, -0.05) is 6.92 Å². The number of benzene rings is 1. The number of aryl methyl sites for hydroxylation is 1. The van der Waals surface area contributed by atoms with Gasteiger partial charge < -0.3 is 10.2 Å². The Morgan fingerprint density at radius 1 is 1.54 bits per heavy atom. The normalized spacial score (nSPS) is 10.9. The number of nitrogen functional groups attached to an aromatic ring is 1. The monoisotopic (exact) mass is 288 g/mol. The van der Waals surface area contributed by atoms with Gasteiger partial charge in [0, 0.05) is 9.99 Å². The number of nitrogens with two attached hydrogens (primary N) is 1. The summed E-state index contributed by atoms with van der Waals surface area (Å²) in [6.45, 7) is 2.01. The zero-order chi connectivity index (χ0) is 9.42. The van der Waals surface area contributed by atoms with Crippen LogP contribution in [0.25, 0.3) is 11.1 Å². The maximum Gasteiger partial charge on any atom is 0.195 e. The van der Waals surface area contributed by atoms with Crippen LogP contribution in [0.3, 0.4) is 0 Å². The summed E-state index contributed by atoms with van der Waals surface area (Å²) in [5, 5.41) is 0. The van der Waals surface area contributed by atoms with Gasteiger partial charge in [-0.05, 0) is 34.7 Å². The Balaban J connectivity index is 2.76. The van der Waals surface area contributed by atoms with Crippen molar-refractivity contribution in [3.05, 3.63) is 21.6 Å². The first kappa shape index (κ1) is 8.80. The minimum absolute atomic E-state index is 0.710. The van der Waals surface area contributed by atoms with Gasteiger partial charge in [0.1, 0.15) is 5.52 Å². The second-order valence-electron chi connectivity index (χ2n) is 2.77. The van der Waals surface area contributed by atoms with Crippen molar-refractivity contribution in [1.82, 2.24) is 4.98 Å². The standard InChI is InChI=1S/C9H9IN2O/c1-2-7-12-9-6(13-7)4-3-5(10)8(9)11/h3-4H,2,11H2,1H3. The molecule has 3 nitrogen and oxygen atoms in total. The van der Waals surface area contributed by atoms with Gasteiger partial charge in [0.05, 0.1) is 5.69 Å². The lowest BCUT2D eigenvalue weighted by Crippen LogP contribution is -1.90. The molecule has 0 fully saturated rings. The fourth-order valence-corrected chi connectivity index (χ4v) is 1.62. The van der Waals surface area contributed by atoms with Gasteiger partial charge in [-0.15, -0.1) is 0 Å². The summed E-state index contributed by atoms with van der Waals surface area (Å²) in [7, 11) is 0. The SMILES string of the molecule is CCc1nc2c(N)c(I)ccc2o1. The lowest BCUT2D eigenvalue weighted by Gasteiger charge is -1.95. The summed E-state index contributed by atoms with van der Waals surface area (Å²) in [4.78, 5) is 4.30. The van der Waals surface area contributed by atoms with Crippen LogP contribution in [0.4, 0.5) is 5.69 Å². The molecule has 13 heavy (non-hydrogen) atoms. The van der Waals surface area contributed by atoms with Crippen molar-refractivity contribution in [2.45, 2.75) is 13.3 Å². The van der Waals surface area contributed by atoms with Gasteiger partial charge in [0.2, 0.25) is 0 Å². The number of hydrogen-bond donors (Lipinski definition) is 1. The highest BCUT2D eigenvalue weighted by molar-refractivity contribution is 14.1. The lowest BCUT2D eigenvalue weighted by molar-refractivity contribution is 0.538. The molecule has 0 radical (unpaired) electrons. The van der Waals surface area contributed by atoms with Crippen LogP contribution in [0.1, 0.15) is 12.8 Å². The summed E-state index contributed by atoms with van der Waals surface area (Å²) >= 11 is 2.19. The predicted octanol–water partition coefficient (Wildman–Crippen LogP) is 2.58. The maximum absolute atomic E-state index is 5.86. The van der Waals surface area contributed by atoms with E-state index in [2.05, 4.69) is 27.6 Å². The first-order valence-corrected chi connectivity index (χ1v) is 5.13. The molecule has 0 spiro atoms. The van der Waals surface area contributed by atoms with E-state index in [0.29, 0.717) is 5.69 Å².